The molecular weight excluding hydrogens is 346 g/mol. The molecular formula is C17H16F2N4O3. The first-order valence-electron chi connectivity index (χ1n) is 7.63. The molecule has 0 N–H and O–H groups in total. The summed E-state index contributed by atoms with van der Waals surface area (Å²) in [5, 5.41) is 3.82. The summed E-state index contributed by atoms with van der Waals surface area (Å²) < 4.78 is 43.7. The van der Waals surface area contributed by atoms with Crippen LogP contribution in [-0.4, -0.2) is 34.3 Å². The van der Waals surface area contributed by atoms with Gasteiger partial charge in [0.1, 0.15) is 11.6 Å². The van der Waals surface area contributed by atoms with Crippen LogP contribution in [0.2, 0.25) is 0 Å². The van der Waals surface area contributed by atoms with Gasteiger partial charge in [-0.25, -0.2) is 8.78 Å². The van der Waals surface area contributed by atoms with Crippen LogP contribution in [0.3, 0.4) is 0 Å². The van der Waals surface area contributed by atoms with Gasteiger partial charge < -0.3 is 14.0 Å². The number of hydrogen-bond donors (Lipinski definition) is 0. The SMILES string of the molecule is COc1cc(OC)nc(-c2noc(C(C)(C)c3c(F)cccc3F)n2)n1. The zero-order valence-corrected chi connectivity index (χ0v) is 14.6. The van der Waals surface area contributed by atoms with E-state index in [-0.39, 0.29) is 34.9 Å². The highest BCUT2D eigenvalue weighted by atomic mass is 19.1. The number of aromatic nitrogens is 4. The van der Waals surface area contributed by atoms with E-state index in [1.807, 2.05) is 0 Å². The minimum Gasteiger partial charge on any atom is -0.481 e. The fourth-order valence-corrected chi connectivity index (χ4v) is 2.48. The van der Waals surface area contributed by atoms with Crippen LogP contribution in [0, 0.1) is 11.6 Å². The first-order valence-corrected chi connectivity index (χ1v) is 7.63. The third-order valence-electron chi connectivity index (χ3n) is 3.85. The van der Waals surface area contributed by atoms with Crippen LogP contribution in [0.4, 0.5) is 8.78 Å². The van der Waals surface area contributed by atoms with Gasteiger partial charge in [0, 0.05) is 5.56 Å². The van der Waals surface area contributed by atoms with E-state index >= 15 is 0 Å². The topological polar surface area (TPSA) is 83.2 Å². The molecule has 0 unspecified atom stereocenters. The predicted molar refractivity (Wildman–Crippen MR) is 86.9 cm³/mol. The van der Waals surface area contributed by atoms with Crippen molar-refractivity contribution in [2.45, 2.75) is 19.3 Å². The molecule has 0 aliphatic rings. The molecule has 3 rings (SSSR count). The molecule has 0 aliphatic heterocycles. The van der Waals surface area contributed by atoms with Gasteiger partial charge in [0.25, 0.3) is 0 Å². The molecule has 1 aromatic carbocycles. The van der Waals surface area contributed by atoms with Crippen molar-refractivity contribution >= 4 is 0 Å². The smallest absolute Gasteiger partial charge is 0.240 e. The fraction of sp³-hybridized carbons (Fsp3) is 0.294. The van der Waals surface area contributed by atoms with Crippen molar-refractivity contribution < 1.29 is 22.8 Å². The second-order valence-electron chi connectivity index (χ2n) is 5.92. The van der Waals surface area contributed by atoms with Crippen molar-refractivity contribution in [3.63, 3.8) is 0 Å². The number of methoxy groups -OCH3 is 2. The molecule has 3 aromatic rings. The zero-order valence-electron chi connectivity index (χ0n) is 14.6. The van der Waals surface area contributed by atoms with Crippen molar-refractivity contribution in [3.8, 4) is 23.4 Å². The highest BCUT2D eigenvalue weighted by Crippen LogP contribution is 2.34. The number of halogens is 2. The molecule has 0 saturated heterocycles. The lowest BCUT2D eigenvalue weighted by molar-refractivity contribution is 0.322. The molecule has 2 heterocycles. The van der Waals surface area contributed by atoms with Gasteiger partial charge >= 0.3 is 0 Å². The maximum atomic E-state index is 14.2. The van der Waals surface area contributed by atoms with E-state index in [1.54, 1.807) is 13.8 Å². The average molecular weight is 362 g/mol. The average Bonchev–Trinajstić information content (AvgIpc) is 3.12. The summed E-state index contributed by atoms with van der Waals surface area (Å²) in [5.74, 6) is -0.747. The second-order valence-corrected chi connectivity index (χ2v) is 5.92. The largest absolute Gasteiger partial charge is 0.481 e. The van der Waals surface area contributed by atoms with Gasteiger partial charge in [-0.2, -0.15) is 15.0 Å². The molecule has 0 spiro atoms. The van der Waals surface area contributed by atoms with Crippen LogP contribution < -0.4 is 9.47 Å². The van der Waals surface area contributed by atoms with Crippen LogP contribution in [0.15, 0.2) is 28.8 Å². The lowest BCUT2D eigenvalue weighted by atomic mass is 9.83. The standard InChI is InChI=1S/C17H16F2N4O3/c1-17(2,13-9(18)6-5-7-10(13)19)16-22-15(23-26-16)14-20-11(24-3)8-12(21-14)25-4/h5-8H,1-4H3. The molecule has 0 atom stereocenters. The Balaban J connectivity index is 2.05. The Bertz CT molecular complexity index is 901. The van der Waals surface area contributed by atoms with Gasteiger partial charge in [0.15, 0.2) is 0 Å². The Kier molecular flexibility index (Phi) is 4.54. The molecule has 0 fully saturated rings. The number of benzene rings is 1. The van der Waals surface area contributed by atoms with Gasteiger partial charge in [0.05, 0.1) is 25.7 Å². The normalized spacial score (nSPS) is 11.5. The molecule has 0 bridgehead atoms. The molecule has 2 aromatic heterocycles. The maximum absolute atomic E-state index is 14.2. The van der Waals surface area contributed by atoms with Crippen LogP contribution in [0.25, 0.3) is 11.6 Å². The van der Waals surface area contributed by atoms with E-state index in [4.69, 9.17) is 14.0 Å². The lowest BCUT2D eigenvalue weighted by Crippen LogP contribution is -2.23. The summed E-state index contributed by atoms with van der Waals surface area (Å²) >= 11 is 0. The van der Waals surface area contributed by atoms with Gasteiger partial charge in [-0.15, -0.1) is 0 Å². The molecule has 0 radical (unpaired) electrons. The van der Waals surface area contributed by atoms with E-state index in [0.29, 0.717) is 0 Å². The highest BCUT2D eigenvalue weighted by Gasteiger charge is 2.35. The Hall–Kier alpha value is -3.10. The molecule has 0 amide bonds. The van der Waals surface area contributed by atoms with Gasteiger partial charge in [0.2, 0.25) is 29.3 Å². The summed E-state index contributed by atoms with van der Waals surface area (Å²) in [6.45, 7) is 3.16. The number of ether oxygens (including phenoxy) is 2. The van der Waals surface area contributed by atoms with Crippen molar-refractivity contribution in [1.29, 1.82) is 0 Å². The van der Waals surface area contributed by atoms with Crippen LogP contribution in [0.5, 0.6) is 11.8 Å². The minimum atomic E-state index is -1.20. The molecule has 0 saturated carbocycles. The minimum absolute atomic E-state index is 0.0156. The van der Waals surface area contributed by atoms with Crippen molar-refractivity contribution in [3.05, 3.63) is 47.4 Å². The van der Waals surface area contributed by atoms with Crippen molar-refractivity contribution in [2.75, 3.05) is 14.2 Å². The highest BCUT2D eigenvalue weighted by molar-refractivity contribution is 5.46. The summed E-state index contributed by atoms with van der Waals surface area (Å²) in [6, 6.07) is 5.13. The fourth-order valence-electron chi connectivity index (χ4n) is 2.48. The van der Waals surface area contributed by atoms with Crippen molar-refractivity contribution in [2.24, 2.45) is 0 Å². The first-order chi connectivity index (χ1) is 12.4. The third kappa shape index (κ3) is 3.07. The maximum Gasteiger partial charge on any atom is 0.240 e. The van der Waals surface area contributed by atoms with Crippen molar-refractivity contribution in [1.82, 2.24) is 20.1 Å². The lowest BCUT2D eigenvalue weighted by Gasteiger charge is -2.21. The summed E-state index contributed by atoms with van der Waals surface area (Å²) in [4.78, 5) is 12.5. The van der Waals surface area contributed by atoms with E-state index in [1.165, 1.54) is 38.5 Å². The van der Waals surface area contributed by atoms with E-state index in [2.05, 4.69) is 20.1 Å². The Morgan fingerprint density at radius 3 is 2.04 bits per heavy atom. The predicted octanol–water partition coefficient (Wildman–Crippen LogP) is 3.15. The monoisotopic (exact) mass is 362 g/mol. The second kappa shape index (κ2) is 6.66. The molecule has 7 nitrogen and oxygen atoms in total. The van der Waals surface area contributed by atoms with E-state index in [9.17, 15) is 8.78 Å². The Morgan fingerprint density at radius 2 is 1.50 bits per heavy atom. The van der Waals surface area contributed by atoms with Gasteiger partial charge in [-0.05, 0) is 26.0 Å². The van der Waals surface area contributed by atoms with Crippen LogP contribution in [-0.2, 0) is 5.41 Å². The molecule has 26 heavy (non-hydrogen) atoms. The van der Waals surface area contributed by atoms with Crippen LogP contribution >= 0.6 is 0 Å². The Morgan fingerprint density at radius 1 is 0.923 bits per heavy atom. The molecule has 136 valence electrons. The Labute approximate surface area is 148 Å². The summed E-state index contributed by atoms with van der Waals surface area (Å²) in [7, 11) is 2.88. The summed E-state index contributed by atoms with van der Waals surface area (Å²) in [5.41, 5.74) is -1.37. The number of rotatable bonds is 5. The summed E-state index contributed by atoms with van der Waals surface area (Å²) in [6.07, 6.45) is 0. The van der Waals surface area contributed by atoms with E-state index < -0.39 is 17.0 Å². The van der Waals surface area contributed by atoms with E-state index in [0.717, 1.165) is 0 Å². The third-order valence-corrected chi connectivity index (χ3v) is 3.85. The molecule has 0 aliphatic carbocycles. The quantitative estimate of drug-likeness (QED) is 0.689. The first kappa shape index (κ1) is 17.7. The van der Waals surface area contributed by atoms with Gasteiger partial charge in [-0.3, -0.25) is 0 Å². The zero-order chi connectivity index (χ0) is 18.9. The number of hydrogen-bond acceptors (Lipinski definition) is 7. The van der Waals surface area contributed by atoms with Gasteiger partial charge in [-0.1, -0.05) is 11.2 Å². The van der Waals surface area contributed by atoms with Crippen LogP contribution in [0.1, 0.15) is 25.3 Å². The number of nitrogens with zero attached hydrogens (tertiary/aromatic N) is 4. The molecule has 9 heteroatoms.